The highest BCUT2D eigenvalue weighted by atomic mass is 35.5. The second-order valence-corrected chi connectivity index (χ2v) is 6.87. The monoisotopic (exact) mass is 403 g/mol. The van der Waals surface area contributed by atoms with Crippen molar-refractivity contribution >= 4 is 23.2 Å². The molecule has 0 aliphatic carbocycles. The van der Waals surface area contributed by atoms with Crippen molar-refractivity contribution in [3.05, 3.63) is 101 Å². The van der Waals surface area contributed by atoms with E-state index in [4.69, 9.17) is 16.3 Å². The Balaban J connectivity index is 1.37. The number of carbonyl (C=O) groups is 1. The zero-order chi connectivity index (χ0) is 20.1. The van der Waals surface area contributed by atoms with Gasteiger partial charge in [0.15, 0.2) is 0 Å². The molecule has 0 bridgehead atoms. The van der Waals surface area contributed by atoms with E-state index in [0.29, 0.717) is 28.7 Å². The smallest absolute Gasteiger partial charge is 0.273 e. The number of hydrogen-bond acceptors (Lipinski definition) is 3. The summed E-state index contributed by atoms with van der Waals surface area (Å²) in [6.45, 7) is 0.493. The minimum atomic E-state index is -0.274. The lowest BCUT2D eigenvalue weighted by molar-refractivity contribution is 0.102. The summed E-state index contributed by atoms with van der Waals surface area (Å²) in [4.78, 5) is 12.5. The van der Waals surface area contributed by atoms with Gasteiger partial charge in [0.25, 0.3) is 5.91 Å². The van der Waals surface area contributed by atoms with Gasteiger partial charge >= 0.3 is 0 Å². The molecule has 0 radical (unpaired) electrons. The number of aromatic nitrogens is 2. The van der Waals surface area contributed by atoms with E-state index in [-0.39, 0.29) is 5.91 Å². The molecule has 0 fully saturated rings. The summed E-state index contributed by atoms with van der Waals surface area (Å²) in [6.07, 6.45) is 0. The van der Waals surface area contributed by atoms with Crippen LogP contribution >= 0.6 is 11.6 Å². The number of benzene rings is 3. The maximum atomic E-state index is 12.5. The average molecular weight is 404 g/mol. The quantitative estimate of drug-likeness (QED) is 0.442. The summed E-state index contributed by atoms with van der Waals surface area (Å²) in [5.74, 6) is 0.459. The van der Waals surface area contributed by atoms with Crippen molar-refractivity contribution in [1.82, 2.24) is 10.2 Å². The van der Waals surface area contributed by atoms with Gasteiger partial charge in [-0.3, -0.25) is 9.89 Å². The van der Waals surface area contributed by atoms with Gasteiger partial charge in [-0.1, -0.05) is 54.1 Å². The zero-order valence-electron chi connectivity index (χ0n) is 15.4. The molecule has 1 heterocycles. The number of nitrogens with one attached hydrogen (secondary N) is 2. The molecular formula is C23H18ClN3O2. The predicted octanol–water partition coefficient (Wildman–Crippen LogP) is 5.56. The Morgan fingerprint density at radius 3 is 2.52 bits per heavy atom. The molecule has 29 heavy (non-hydrogen) atoms. The van der Waals surface area contributed by atoms with Crippen molar-refractivity contribution < 1.29 is 9.53 Å². The molecule has 2 N–H and O–H groups in total. The molecule has 4 aromatic rings. The number of H-pyrrole nitrogens is 1. The third-order valence-electron chi connectivity index (χ3n) is 4.30. The third-order valence-corrected chi connectivity index (χ3v) is 4.54. The van der Waals surface area contributed by atoms with Gasteiger partial charge in [-0.15, -0.1) is 0 Å². The first-order valence-corrected chi connectivity index (χ1v) is 9.45. The van der Waals surface area contributed by atoms with Gasteiger partial charge in [0, 0.05) is 16.3 Å². The molecule has 0 saturated heterocycles. The van der Waals surface area contributed by atoms with E-state index in [1.807, 2.05) is 54.6 Å². The second kappa shape index (κ2) is 8.63. The molecule has 144 valence electrons. The largest absolute Gasteiger partial charge is 0.489 e. The number of aromatic amines is 1. The topological polar surface area (TPSA) is 67.0 Å². The van der Waals surface area contributed by atoms with Crippen LogP contribution in [0.1, 0.15) is 16.1 Å². The SMILES string of the molecule is O=C(Nc1ccc(OCc2ccccc2)cc1)c1cc(-c2cccc(Cl)c2)n[nH]1. The number of nitrogens with zero attached hydrogens (tertiary/aromatic N) is 1. The van der Waals surface area contributed by atoms with Gasteiger partial charge in [-0.05, 0) is 48.0 Å². The summed E-state index contributed by atoms with van der Waals surface area (Å²) >= 11 is 6.01. The van der Waals surface area contributed by atoms with E-state index in [2.05, 4.69) is 15.5 Å². The second-order valence-electron chi connectivity index (χ2n) is 6.43. The van der Waals surface area contributed by atoms with E-state index in [9.17, 15) is 4.79 Å². The Bertz CT molecular complexity index is 1110. The van der Waals surface area contributed by atoms with Gasteiger partial charge in [-0.2, -0.15) is 5.10 Å². The van der Waals surface area contributed by atoms with E-state index >= 15 is 0 Å². The predicted molar refractivity (Wildman–Crippen MR) is 114 cm³/mol. The molecule has 4 rings (SSSR count). The van der Waals surface area contributed by atoms with Crippen molar-refractivity contribution in [3.8, 4) is 17.0 Å². The standard InChI is InChI=1S/C23H18ClN3O2/c24-18-8-4-7-17(13-18)21-14-22(27-26-21)23(28)25-19-9-11-20(12-10-19)29-15-16-5-2-1-3-6-16/h1-14H,15H2,(H,25,28)(H,26,27). The Morgan fingerprint density at radius 2 is 1.76 bits per heavy atom. The Labute approximate surface area is 173 Å². The molecular weight excluding hydrogens is 386 g/mol. The highest BCUT2D eigenvalue weighted by Crippen LogP contribution is 2.22. The Hall–Kier alpha value is -3.57. The van der Waals surface area contributed by atoms with Crippen LogP contribution in [-0.4, -0.2) is 16.1 Å². The molecule has 0 atom stereocenters. The average Bonchev–Trinajstić information content (AvgIpc) is 3.25. The minimum Gasteiger partial charge on any atom is -0.489 e. The molecule has 0 aliphatic heterocycles. The fraction of sp³-hybridized carbons (Fsp3) is 0.0435. The van der Waals surface area contributed by atoms with Crippen LogP contribution in [0.3, 0.4) is 0 Å². The first kappa shape index (κ1) is 18.8. The molecule has 5 nitrogen and oxygen atoms in total. The summed E-state index contributed by atoms with van der Waals surface area (Å²) in [6, 6.07) is 26.2. The normalized spacial score (nSPS) is 10.5. The first-order valence-electron chi connectivity index (χ1n) is 9.07. The van der Waals surface area contributed by atoms with Crippen LogP contribution in [0.2, 0.25) is 5.02 Å². The summed E-state index contributed by atoms with van der Waals surface area (Å²) in [5, 5.41) is 10.4. The third kappa shape index (κ3) is 4.83. The fourth-order valence-electron chi connectivity index (χ4n) is 2.81. The van der Waals surface area contributed by atoms with Crippen LogP contribution in [0.5, 0.6) is 5.75 Å². The number of rotatable bonds is 6. The van der Waals surface area contributed by atoms with Gasteiger partial charge in [0.1, 0.15) is 18.1 Å². The van der Waals surface area contributed by atoms with Crippen LogP contribution in [0, 0.1) is 0 Å². The lowest BCUT2D eigenvalue weighted by atomic mass is 10.1. The van der Waals surface area contributed by atoms with Crippen LogP contribution in [0.25, 0.3) is 11.3 Å². The molecule has 0 aliphatic rings. The van der Waals surface area contributed by atoms with Gasteiger partial charge in [0.05, 0.1) is 5.69 Å². The highest BCUT2D eigenvalue weighted by molar-refractivity contribution is 6.30. The first-order chi connectivity index (χ1) is 14.2. The lowest BCUT2D eigenvalue weighted by Crippen LogP contribution is -2.12. The van der Waals surface area contributed by atoms with Gasteiger partial charge in [0.2, 0.25) is 0 Å². The van der Waals surface area contributed by atoms with Crippen molar-refractivity contribution in [2.75, 3.05) is 5.32 Å². The Kier molecular flexibility index (Phi) is 5.59. The van der Waals surface area contributed by atoms with Crippen LogP contribution in [0.4, 0.5) is 5.69 Å². The lowest BCUT2D eigenvalue weighted by Gasteiger charge is -2.08. The number of hydrogen-bond donors (Lipinski definition) is 2. The summed E-state index contributed by atoms with van der Waals surface area (Å²) in [7, 11) is 0. The zero-order valence-corrected chi connectivity index (χ0v) is 16.2. The summed E-state index contributed by atoms with van der Waals surface area (Å²) in [5.41, 5.74) is 3.63. The van der Waals surface area contributed by atoms with E-state index in [1.165, 1.54) is 0 Å². The Morgan fingerprint density at radius 1 is 0.966 bits per heavy atom. The number of amides is 1. The van der Waals surface area contributed by atoms with Gasteiger partial charge in [-0.25, -0.2) is 0 Å². The van der Waals surface area contributed by atoms with Crippen molar-refractivity contribution in [3.63, 3.8) is 0 Å². The molecule has 0 unspecified atom stereocenters. The molecule has 3 aromatic carbocycles. The number of anilines is 1. The molecule has 0 spiro atoms. The van der Waals surface area contributed by atoms with Crippen LogP contribution in [0.15, 0.2) is 84.9 Å². The van der Waals surface area contributed by atoms with Gasteiger partial charge < -0.3 is 10.1 Å². The molecule has 6 heteroatoms. The van der Waals surface area contributed by atoms with Crippen LogP contribution in [-0.2, 0) is 6.61 Å². The molecule has 1 amide bonds. The molecule has 0 saturated carbocycles. The molecule has 1 aromatic heterocycles. The van der Waals surface area contributed by atoms with Crippen molar-refractivity contribution in [1.29, 1.82) is 0 Å². The number of ether oxygens (including phenoxy) is 1. The van der Waals surface area contributed by atoms with Crippen LogP contribution < -0.4 is 10.1 Å². The number of carbonyl (C=O) groups excluding carboxylic acids is 1. The minimum absolute atomic E-state index is 0.274. The maximum Gasteiger partial charge on any atom is 0.273 e. The van der Waals surface area contributed by atoms with E-state index in [1.54, 1.807) is 30.3 Å². The number of halogens is 1. The van der Waals surface area contributed by atoms with E-state index < -0.39 is 0 Å². The highest BCUT2D eigenvalue weighted by Gasteiger charge is 2.12. The van der Waals surface area contributed by atoms with Crippen molar-refractivity contribution in [2.45, 2.75) is 6.61 Å². The summed E-state index contributed by atoms with van der Waals surface area (Å²) < 4.78 is 5.76. The maximum absolute atomic E-state index is 12.5. The fourth-order valence-corrected chi connectivity index (χ4v) is 3.00. The van der Waals surface area contributed by atoms with E-state index in [0.717, 1.165) is 16.9 Å². The van der Waals surface area contributed by atoms with Crippen molar-refractivity contribution in [2.24, 2.45) is 0 Å².